The average molecular weight is 195 g/mol. The molecule has 0 saturated heterocycles. The molecule has 0 radical (unpaired) electrons. The molecule has 0 aromatic carbocycles. The lowest BCUT2D eigenvalue weighted by molar-refractivity contribution is -0.695. The van der Waals surface area contributed by atoms with Crippen molar-refractivity contribution in [2.45, 2.75) is 13.1 Å². The average Bonchev–Trinajstić information content (AvgIpc) is 2.47. The number of fused-ring (bicyclic) bond motifs is 1. The maximum Gasteiger partial charge on any atom is 0.312 e. The zero-order valence-electron chi connectivity index (χ0n) is 7.61. The van der Waals surface area contributed by atoms with Crippen LogP contribution in [0.25, 0.3) is 11.2 Å². The number of nitrogens with two attached hydrogens (primary N) is 2. The van der Waals surface area contributed by atoms with E-state index in [1.807, 2.05) is 0 Å². The Labute approximate surface area is 78.8 Å². The quantitative estimate of drug-likeness (QED) is 0.418. The van der Waals surface area contributed by atoms with E-state index in [1.54, 1.807) is 17.8 Å². The molecule has 2 rings (SSSR count). The number of rotatable bonds is 1. The number of anilines is 1. The molecular weight excluding hydrogens is 184 g/mol. The predicted molar refractivity (Wildman–Crippen MR) is 50.2 cm³/mol. The third-order valence-corrected chi connectivity index (χ3v) is 1.95. The van der Waals surface area contributed by atoms with Crippen molar-refractivity contribution in [1.29, 1.82) is 0 Å². The van der Waals surface area contributed by atoms with Gasteiger partial charge in [0, 0.05) is 0 Å². The fourth-order valence-corrected chi connectivity index (χ4v) is 1.30. The van der Waals surface area contributed by atoms with Crippen molar-refractivity contribution in [3.8, 4) is 0 Å². The number of hydrogen-bond donors (Lipinski definition) is 4. The van der Waals surface area contributed by atoms with E-state index in [-0.39, 0.29) is 17.7 Å². The van der Waals surface area contributed by atoms with Crippen LogP contribution in [-0.2, 0) is 0 Å². The van der Waals surface area contributed by atoms with Gasteiger partial charge < -0.3 is 5.73 Å². The Hall–Kier alpha value is -1.89. The minimum Gasteiger partial charge on any atom is -0.355 e. The highest BCUT2D eigenvalue weighted by molar-refractivity contribution is 5.65. The SMILES string of the molecule is CC(N)[n+]1c[nH]c2c(=O)[nH]c(N)nc21. The highest BCUT2D eigenvalue weighted by atomic mass is 16.1. The molecule has 7 nitrogen and oxygen atoms in total. The molecule has 2 aromatic rings. The molecule has 0 saturated carbocycles. The van der Waals surface area contributed by atoms with E-state index < -0.39 is 0 Å². The van der Waals surface area contributed by atoms with Gasteiger partial charge in [0.1, 0.15) is 6.17 Å². The largest absolute Gasteiger partial charge is 0.355 e. The standard InChI is InChI=1S/C7H10N6O/c1-3(8)13-2-10-4-5(13)11-7(9)12-6(4)14/h2-3H,8H2,1H3,(H3,9,11,12,14)/p+1. The second-order valence-corrected chi connectivity index (χ2v) is 3.07. The van der Waals surface area contributed by atoms with E-state index in [2.05, 4.69) is 15.0 Å². The Balaban J connectivity index is 2.85. The molecule has 74 valence electrons. The van der Waals surface area contributed by atoms with Crippen LogP contribution in [0.3, 0.4) is 0 Å². The van der Waals surface area contributed by atoms with Crippen LogP contribution in [0.1, 0.15) is 13.1 Å². The van der Waals surface area contributed by atoms with Crippen LogP contribution in [0.15, 0.2) is 11.1 Å². The van der Waals surface area contributed by atoms with Crippen LogP contribution >= 0.6 is 0 Å². The lowest BCUT2D eigenvalue weighted by Gasteiger charge is -1.99. The minimum absolute atomic E-state index is 0.0801. The molecule has 0 aliphatic carbocycles. The second-order valence-electron chi connectivity index (χ2n) is 3.07. The zero-order valence-corrected chi connectivity index (χ0v) is 7.61. The highest BCUT2D eigenvalue weighted by Crippen LogP contribution is 2.00. The van der Waals surface area contributed by atoms with Gasteiger partial charge >= 0.3 is 5.65 Å². The van der Waals surface area contributed by atoms with Gasteiger partial charge in [-0.3, -0.25) is 20.5 Å². The van der Waals surface area contributed by atoms with Crippen LogP contribution in [0.4, 0.5) is 5.95 Å². The summed E-state index contributed by atoms with van der Waals surface area (Å²) in [6.07, 6.45) is 1.33. The topological polar surface area (TPSA) is 117 Å². The van der Waals surface area contributed by atoms with Crippen LogP contribution in [0, 0.1) is 0 Å². The van der Waals surface area contributed by atoms with E-state index in [0.29, 0.717) is 11.2 Å². The number of aromatic nitrogens is 4. The third-order valence-electron chi connectivity index (χ3n) is 1.95. The fraction of sp³-hybridized carbons (Fsp3) is 0.286. The van der Waals surface area contributed by atoms with Gasteiger partial charge in [-0.1, -0.05) is 4.98 Å². The van der Waals surface area contributed by atoms with Crippen LogP contribution in [0.5, 0.6) is 0 Å². The maximum absolute atomic E-state index is 11.4. The van der Waals surface area contributed by atoms with Gasteiger partial charge in [-0.05, 0) is 6.92 Å². The number of aromatic amines is 2. The summed E-state index contributed by atoms with van der Waals surface area (Å²) >= 11 is 0. The first-order valence-corrected chi connectivity index (χ1v) is 4.13. The van der Waals surface area contributed by atoms with Gasteiger partial charge in [-0.2, -0.15) is 0 Å². The summed E-state index contributed by atoms with van der Waals surface area (Å²) in [4.78, 5) is 20.5. The van der Waals surface area contributed by atoms with Crippen molar-refractivity contribution in [3.05, 3.63) is 16.7 Å². The molecule has 2 heterocycles. The molecular formula is C7H11N6O+. The van der Waals surface area contributed by atoms with Crippen molar-refractivity contribution < 1.29 is 4.57 Å². The lowest BCUT2D eigenvalue weighted by Crippen LogP contribution is -2.42. The molecule has 0 spiro atoms. The molecule has 1 atom stereocenters. The van der Waals surface area contributed by atoms with Gasteiger partial charge in [-0.25, -0.2) is 4.57 Å². The molecule has 0 amide bonds. The van der Waals surface area contributed by atoms with Gasteiger partial charge in [0.25, 0.3) is 11.5 Å². The van der Waals surface area contributed by atoms with Gasteiger partial charge in [-0.15, -0.1) is 0 Å². The Morgan fingerprint density at radius 2 is 2.36 bits per heavy atom. The number of imidazole rings is 1. The molecule has 1 unspecified atom stereocenters. The first-order valence-electron chi connectivity index (χ1n) is 4.13. The number of H-pyrrole nitrogens is 2. The summed E-state index contributed by atoms with van der Waals surface area (Å²) in [5.74, 6) is 0.0801. The summed E-state index contributed by atoms with van der Waals surface area (Å²) < 4.78 is 1.64. The summed E-state index contributed by atoms with van der Waals surface area (Å²) in [5, 5.41) is 0. The normalized spacial score (nSPS) is 13.3. The van der Waals surface area contributed by atoms with Gasteiger partial charge in [0.05, 0.1) is 0 Å². The Morgan fingerprint density at radius 3 is 3.00 bits per heavy atom. The Bertz CT molecular complexity index is 524. The third kappa shape index (κ3) is 1.14. The molecule has 0 aliphatic rings. The molecule has 6 N–H and O–H groups in total. The van der Waals surface area contributed by atoms with Crippen LogP contribution < -0.4 is 21.6 Å². The van der Waals surface area contributed by atoms with Crippen molar-refractivity contribution in [1.82, 2.24) is 15.0 Å². The number of hydrogen-bond acceptors (Lipinski definition) is 4. The zero-order chi connectivity index (χ0) is 10.3. The van der Waals surface area contributed by atoms with E-state index in [9.17, 15) is 4.79 Å². The number of nitrogens with zero attached hydrogens (tertiary/aromatic N) is 2. The fourth-order valence-electron chi connectivity index (χ4n) is 1.30. The monoisotopic (exact) mass is 195 g/mol. The smallest absolute Gasteiger partial charge is 0.312 e. The highest BCUT2D eigenvalue weighted by Gasteiger charge is 2.17. The minimum atomic E-state index is -0.299. The lowest BCUT2D eigenvalue weighted by atomic mass is 10.5. The van der Waals surface area contributed by atoms with E-state index >= 15 is 0 Å². The molecule has 0 aliphatic heterocycles. The molecule has 0 fully saturated rings. The number of nitrogens with one attached hydrogen (secondary N) is 2. The molecule has 7 heteroatoms. The molecule has 2 aromatic heterocycles. The Morgan fingerprint density at radius 1 is 1.64 bits per heavy atom. The first-order chi connectivity index (χ1) is 6.59. The van der Waals surface area contributed by atoms with Crippen LogP contribution in [0.2, 0.25) is 0 Å². The summed E-state index contributed by atoms with van der Waals surface area (Å²) in [5.41, 5.74) is 11.6. The van der Waals surface area contributed by atoms with E-state index in [0.717, 1.165) is 0 Å². The van der Waals surface area contributed by atoms with E-state index in [4.69, 9.17) is 11.5 Å². The predicted octanol–water partition coefficient (Wildman–Crippen LogP) is -1.40. The second kappa shape index (κ2) is 2.81. The molecule has 0 bridgehead atoms. The van der Waals surface area contributed by atoms with Crippen molar-refractivity contribution in [2.24, 2.45) is 5.73 Å². The molecule has 14 heavy (non-hydrogen) atoms. The number of nitrogen functional groups attached to an aromatic ring is 1. The van der Waals surface area contributed by atoms with Gasteiger partial charge in [0.15, 0.2) is 6.33 Å². The maximum atomic E-state index is 11.4. The van der Waals surface area contributed by atoms with Crippen LogP contribution in [-0.4, -0.2) is 15.0 Å². The summed E-state index contributed by atoms with van der Waals surface area (Å²) in [6, 6.07) is 0. The first kappa shape index (κ1) is 8.70. The van der Waals surface area contributed by atoms with Crippen molar-refractivity contribution >= 4 is 17.1 Å². The van der Waals surface area contributed by atoms with Crippen molar-refractivity contribution in [3.63, 3.8) is 0 Å². The summed E-state index contributed by atoms with van der Waals surface area (Å²) in [6.45, 7) is 1.78. The van der Waals surface area contributed by atoms with E-state index in [1.165, 1.54) is 0 Å². The van der Waals surface area contributed by atoms with Crippen molar-refractivity contribution in [2.75, 3.05) is 5.73 Å². The summed E-state index contributed by atoms with van der Waals surface area (Å²) in [7, 11) is 0. The van der Waals surface area contributed by atoms with Gasteiger partial charge in [0.2, 0.25) is 5.52 Å². The Kier molecular flexibility index (Phi) is 1.74.